The van der Waals surface area contributed by atoms with E-state index in [1.807, 2.05) is 20.8 Å². The third-order valence-corrected chi connectivity index (χ3v) is 4.30. The molecule has 2 aliphatic rings. The Bertz CT molecular complexity index is 821. The van der Waals surface area contributed by atoms with E-state index >= 15 is 0 Å². The molecule has 0 aromatic carbocycles. The molecule has 1 amide bonds. The number of nitrogens with zero attached hydrogens (tertiary/aromatic N) is 4. The van der Waals surface area contributed by atoms with Crippen molar-refractivity contribution in [3.05, 3.63) is 12.7 Å². The fourth-order valence-corrected chi connectivity index (χ4v) is 3.34. The number of imidazole rings is 1. The van der Waals surface area contributed by atoms with Crippen molar-refractivity contribution in [2.75, 3.05) is 12.3 Å². The zero-order valence-corrected chi connectivity index (χ0v) is 14.2. The number of hydrogen-bond acceptors (Lipinski definition) is 8. The van der Waals surface area contributed by atoms with Crippen LogP contribution in [-0.2, 0) is 19.0 Å². The van der Waals surface area contributed by atoms with Crippen molar-refractivity contribution in [1.82, 2.24) is 24.8 Å². The van der Waals surface area contributed by atoms with Gasteiger partial charge in [-0.2, -0.15) is 0 Å². The molecule has 0 aliphatic carbocycles. The summed E-state index contributed by atoms with van der Waals surface area (Å²) in [6, 6.07) is 0. The van der Waals surface area contributed by atoms with E-state index in [0.29, 0.717) is 17.7 Å². The van der Waals surface area contributed by atoms with Gasteiger partial charge in [-0.05, 0) is 20.8 Å². The first-order chi connectivity index (χ1) is 11.9. The number of ether oxygens (including phenoxy) is 3. The summed E-state index contributed by atoms with van der Waals surface area (Å²) >= 11 is 0. The normalized spacial score (nSPS) is 30.5. The largest absolute Gasteiger partial charge is 0.382 e. The minimum absolute atomic E-state index is 0.236. The lowest BCUT2D eigenvalue weighted by Gasteiger charge is -2.24. The van der Waals surface area contributed by atoms with Crippen LogP contribution in [0.3, 0.4) is 0 Å². The van der Waals surface area contributed by atoms with Gasteiger partial charge in [-0.15, -0.1) is 0 Å². The van der Waals surface area contributed by atoms with E-state index in [0.717, 1.165) is 0 Å². The Hall–Kier alpha value is -2.30. The van der Waals surface area contributed by atoms with Crippen LogP contribution >= 0.6 is 0 Å². The Morgan fingerprint density at radius 1 is 1.32 bits per heavy atom. The summed E-state index contributed by atoms with van der Waals surface area (Å²) in [6.07, 6.45) is 0.526. The summed E-state index contributed by atoms with van der Waals surface area (Å²) in [5.41, 5.74) is 6.83. The van der Waals surface area contributed by atoms with Gasteiger partial charge in [0, 0.05) is 6.54 Å². The first-order valence-corrected chi connectivity index (χ1v) is 8.13. The minimum atomic E-state index is -0.813. The Labute approximate surface area is 143 Å². The molecule has 4 rings (SSSR count). The minimum Gasteiger partial charge on any atom is -0.382 e. The maximum Gasteiger partial charge on any atom is 0.252 e. The number of carbonyl (C=O) groups excluding carboxylic acids is 1. The van der Waals surface area contributed by atoms with Gasteiger partial charge < -0.3 is 25.3 Å². The highest BCUT2D eigenvalue weighted by molar-refractivity contribution is 5.82. The second-order valence-electron chi connectivity index (χ2n) is 6.49. The molecule has 4 atom stereocenters. The Morgan fingerprint density at radius 2 is 2.08 bits per heavy atom. The third kappa shape index (κ3) is 2.53. The number of nitrogen functional groups attached to an aromatic ring is 1. The van der Waals surface area contributed by atoms with Gasteiger partial charge in [0.25, 0.3) is 5.91 Å². The van der Waals surface area contributed by atoms with Crippen molar-refractivity contribution in [3.63, 3.8) is 0 Å². The van der Waals surface area contributed by atoms with Crippen molar-refractivity contribution in [2.45, 2.75) is 51.1 Å². The molecule has 10 heteroatoms. The molecular weight excluding hydrogens is 328 g/mol. The van der Waals surface area contributed by atoms with E-state index in [9.17, 15) is 4.79 Å². The van der Waals surface area contributed by atoms with Crippen LogP contribution in [0.4, 0.5) is 5.82 Å². The molecule has 0 spiro atoms. The number of aromatic nitrogens is 4. The molecule has 2 fully saturated rings. The molecule has 4 heterocycles. The molecule has 0 bridgehead atoms. The second kappa shape index (κ2) is 5.61. The van der Waals surface area contributed by atoms with Crippen molar-refractivity contribution >= 4 is 22.9 Å². The van der Waals surface area contributed by atoms with Crippen molar-refractivity contribution in [1.29, 1.82) is 0 Å². The monoisotopic (exact) mass is 348 g/mol. The Morgan fingerprint density at radius 3 is 2.84 bits per heavy atom. The van der Waals surface area contributed by atoms with Gasteiger partial charge in [0.1, 0.15) is 24.1 Å². The lowest BCUT2D eigenvalue weighted by molar-refractivity contribution is -0.197. The zero-order chi connectivity index (χ0) is 17.8. The molecule has 10 nitrogen and oxygen atoms in total. The molecule has 2 aromatic rings. The van der Waals surface area contributed by atoms with Crippen molar-refractivity contribution < 1.29 is 19.0 Å². The molecule has 0 radical (unpaired) electrons. The number of nitrogens with two attached hydrogens (primary N) is 1. The number of rotatable bonds is 3. The summed E-state index contributed by atoms with van der Waals surface area (Å²) < 4.78 is 19.6. The van der Waals surface area contributed by atoms with Gasteiger partial charge in [0.15, 0.2) is 29.6 Å². The predicted octanol–water partition coefficient (Wildman–Crippen LogP) is -0.0379. The zero-order valence-electron chi connectivity index (χ0n) is 14.2. The summed E-state index contributed by atoms with van der Waals surface area (Å²) in [5.74, 6) is -0.769. The van der Waals surface area contributed by atoms with Crippen LogP contribution in [0.25, 0.3) is 11.2 Å². The van der Waals surface area contributed by atoms with Crippen LogP contribution in [-0.4, -0.2) is 56.1 Å². The van der Waals surface area contributed by atoms with Gasteiger partial charge in [0.05, 0.1) is 6.33 Å². The Kier molecular flexibility index (Phi) is 3.63. The molecule has 0 saturated carbocycles. The highest BCUT2D eigenvalue weighted by Crippen LogP contribution is 2.43. The van der Waals surface area contributed by atoms with Crippen LogP contribution < -0.4 is 11.1 Å². The molecular formula is C15H20N6O4. The van der Waals surface area contributed by atoms with E-state index in [4.69, 9.17) is 19.9 Å². The van der Waals surface area contributed by atoms with Crippen LogP contribution in [0, 0.1) is 0 Å². The molecule has 3 N–H and O–H groups in total. The SMILES string of the molecule is CCNC(=O)[C@H]1O[C@@H](n2cnc3c(N)ncnc32)[C@H]2OC(C)(C)OC12. The van der Waals surface area contributed by atoms with Crippen molar-refractivity contribution in [2.24, 2.45) is 0 Å². The highest BCUT2D eigenvalue weighted by Gasteiger charge is 2.58. The third-order valence-electron chi connectivity index (χ3n) is 4.30. The maximum atomic E-state index is 12.4. The molecule has 2 saturated heterocycles. The van der Waals surface area contributed by atoms with E-state index < -0.39 is 30.3 Å². The second-order valence-corrected chi connectivity index (χ2v) is 6.49. The number of nitrogens with one attached hydrogen (secondary N) is 1. The van der Waals surface area contributed by atoms with E-state index in [1.165, 1.54) is 6.33 Å². The molecule has 25 heavy (non-hydrogen) atoms. The number of carbonyl (C=O) groups is 1. The summed E-state index contributed by atoms with van der Waals surface area (Å²) in [4.78, 5) is 24.8. The maximum absolute atomic E-state index is 12.4. The Balaban J connectivity index is 1.73. The number of amides is 1. The van der Waals surface area contributed by atoms with Gasteiger partial charge in [-0.1, -0.05) is 0 Å². The van der Waals surface area contributed by atoms with Gasteiger partial charge in [-0.3, -0.25) is 9.36 Å². The predicted molar refractivity (Wildman–Crippen MR) is 86.2 cm³/mol. The van der Waals surface area contributed by atoms with Gasteiger partial charge in [0.2, 0.25) is 0 Å². The number of fused-ring (bicyclic) bond motifs is 2. The van der Waals surface area contributed by atoms with Crippen LogP contribution in [0.1, 0.15) is 27.0 Å². The molecule has 1 unspecified atom stereocenters. The first-order valence-electron chi connectivity index (χ1n) is 8.13. The van der Waals surface area contributed by atoms with Crippen LogP contribution in [0.15, 0.2) is 12.7 Å². The topological polar surface area (TPSA) is 126 Å². The van der Waals surface area contributed by atoms with Crippen LogP contribution in [0.2, 0.25) is 0 Å². The lowest BCUT2D eigenvalue weighted by atomic mass is 10.1. The molecule has 2 aliphatic heterocycles. The van der Waals surface area contributed by atoms with E-state index in [2.05, 4.69) is 20.3 Å². The van der Waals surface area contributed by atoms with E-state index in [-0.39, 0.29) is 11.7 Å². The summed E-state index contributed by atoms with van der Waals surface area (Å²) in [6.45, 7) is 5.97. The van der Waals surface area contributed by atoms with E-state index in [1.54, 1.807) is 10.9 Å². The highest BCUT2D eigenvalue weighted by atomic mass is 16.8. The quantitative estimate of drug-likeness (QED) is 0.791. The molecule has 134 valence electrons. The fourth-order valence-electron chi connectivity index (χ4n) is 3.34. The fraction of sp³-hybridized carbons (Fsp3) is 0.600. The van der Waals surface area contributed by atoms with Gasteiger partial charge >= 0.3 is 0 Å². The smallest absolute Gasteiger partial charge is 0.252 e. The first kappa shape index (κ1) is 16.2. The standard InChI is InChI=1S/C15H20N6O4/c1-4-17-13(22)9-8-10(25-15(2,3)24-8)14(23-9)21-6-20-7-11(16)18-5-19-12(7)21/h5-6,8-10,14H,4H2,1-3H3,(H,17,22)(H2,16,18,19)/t8?,9-,10-,14+/m0/s1. The van der Waals surface area contributed by atoms with Crippen LogP contribution in [0.5, 0.6) is 0 Å². The number of likely N-dealkylation sites (N-methyl/N-ethyl adjacent to an activating group) is 1. The average molecular weight is 348 g/mol. The average Bonchev–Trinajstić information content (AvgIpc) is 3.18. The lowest BCUT2D eigenvalue weighted by Crippen LogP contribution is -2.42. The summed E-state index contributed by atoms with van der Waals surface area (Å²) in [5, 5.41) is 2.77. The number of anilines is 1. The summed E-state index contributed by atoms with van der Waals surface area (Å²) in [7, 11) is 0. The van der Waals surface area contributed by atoms with Gasteiger partial charge in [-0.25, -0.2) is 15.0 Å². The molecule has 2 aromatic heterocycles. The van der Waals surface area contributed by atoms with Crippen molar-refractivity contribution in [3.8, 4) is 0 Å². The number of hydrogen-bond donors (Lipinski definition) is 2.